The van der Waals surface area contributed by atoms with Crippen LogP contribution >= 0.6 is 11.8 Å². The van der Waals surface area contributed by atoms with Gasteiger partial charge in [0.1, 0.15) is 12.5 Å². The zero-order valence-electron chi connectivity index (χ0n) is 18.8. The number of carbonyl (C=O) groups is 1. The molecule has 2 rings (SSSR count). The number of rotatable bonds is 6. The quantitative estimate of drug-likeness (QED) is 0.465. The highest BCUT2D eigenvalue weighted by atomic mass is 32.2. The molecular weight excluding hydrogens is 386 g/mol. The van der Waals surface area contributed by atoms with Crippen molar-refractivity contribution in [1.82, 2.24) is 4.90 Å². The van der Waals surface area contributed by atoms with Crippen LogP contribution in [0.25, 0.3) is 6.08 Å². The van der Waals surface area contributed by atoms with E-state index in [2.05, 4.69) is 53.7 Å². The van der Waals surface area contributed by atoms with E-state index in [4.69, 9.17) is 14.2 Å². The first-order valence-electron chi connectivity index (χ1n) is 9.64. The van der Waals surface area contributed by atoms with Crippen molar-refractivity contribution >= 4 is 23.7 Å². The topological polar surface area (TPSA) is 48.0 Å². The fourth-order valence-corrected chi connectivity index (χ4v) is 3.82. The van der Waals surface area contributed by atoms with E-state index < -0.39 is 0 Å². The lowest BCUT2D eigenvalue weighted by Crippen LogP contribution is -2.29. The predicted octanol–water partition coefficient (Wildman–Crippen LogP) is 5.26. The molecule has 0 aromatic heterocycles. The normalized spacial score (nSPS) is 16.6. The second-order valence-corrected chi connectivity index (χ2v) is 10.0. The third kappa shape index (κ3) is 5.87. The molecule has 0 fully saturated rings. The van der Waals surface area contributed by atoms with Gasteiger partial charge in [0, 0.05) is 31.5 Å². The van der Waals surface area contributed by atoms with Crippen LogP contribution in [0.1, 0.15) is 58.2 Å². The second kappa shape index (κ2) is 9.37. The minimum atomic E-state index is -0.136. The summed E-state index contributed by atoms with van der Waals surface area (Å²) in [5.41, 5.74) is 2.89. The number of carbonyl (C=O) groups excluding carboxylic acids is 1. The predicted molar refractivity (Wildman–Crippen MR) is 120 cm³/mol. The molecule has 0 unspecified atom stereocenters. The van der Waals surface area contributed by atoms with Gasteiger partial charge in [-0.15, -0.1) is 0 Å². The molecule has 0 N–H and O–H groups in total. The van der Waals surface area contributed by atoms with E-state index in [9.17, 15) is 4.79 Å². The van der Waals surface area contributed by atoms with Crippen molar-refractivity contribution in [2.24, 2.45) is 0 Å². The molecule has 1 amide bonds. The highest BCUT2D eigenvalue weighted by Gasteiger charge is 2.28. The lowest BCUT2D eigenvalue weighted by atomic mass is 9.78. The Kier molecular flexibility index (Phi) is 7.60. The molecule has 160 valence electrons. The third-order valence-electron chi connectivity index (χ3n) is 4.52. The van der Waals surface area contributed by atoms with Gasteiger partial charge in [-0.1, -0.05) is 53.3 Å². The van der Waals surface area contributed by atoms with Crippen molar-refractivity contribution in [3.8, 4) is 5.75 Å². The molecule has 1 aromatic rings. The summed E-state index contributed by atoms with van der Waals surface area (Å²) in [6.07, 6.45) is 3.69. The summed E-state index contributed by atoms with van der Waals surface area (Å²) in [5.74, 6) is 0.797. The van der Waals surface area contributed by atoms with Crippen molar-refractivity contribution in [1.29, 1.82) is 0 Å². The molecule has 1 aromatic carbocycles. The number of benzene rings is 1. The van der Waals surface area contributed by atoms with Gasteiger partial charge in [0.05, 0.1) is 4.91 Å². The number of ether oxygens (including phenoxy) is 3. The van der Waals surface area contributed by atoms with E-state index in [1.54, 1.807) is 25.3 Å². The van der Waals surface area contributed by atoms with Crippen molar-refractivity contribution in [2.45, 2.75) is 52.4 Å². The van der Waals surface area contributed by atoms with Crippen molar-refractivity contribution in [2.75, 3.05) is 27.7 Å². The molecule has 29 heavy (non-hydrogen) atoms. The first-order chi connectivity index (χ1) is 13.5. The van der Waals surface area contributed by atoms with Gasteiger partial charge in [0.15, 0.2) is 6.79 Å². The maximum Gasteiger partial charge on any atom is 0.266 e. The van der Waals surface area contributed by atoms with Crippen LogP contribution in [0.4, 0.5) is 0 Å². The summed E-state index contributed by atoms with van der Waals surface area (Å²) in [4.78, 5) is 15.0. The van der Waals surface area contributed by atoms with Crippen molar-refractivity contribution in [3.63, 3.8) is 0 Å². The van der Waals surface area contributed by atoms with Gasteiger partial charge in [-0.05, 0) is 40.0 Å². The number of thioether (sulfide) groups is 1. The Morgan fingerprint density at radius 1 is 1.00 bits per heavy atom. The Morgan fingerprint density at radius 2 is 1.59 bits per heavy atom. The maximum atomic E-state index is 12.8. The van der Waals surface area contributed by atoms with Crippen LogP contribution in [0.15, 0.2) is 28.6 Å². The minimum Gasteiger partial charge on any atom is -0.467 e. The average molecular weight is 420 g/mol. The van der Waals surface area contributed by atoms with E-state index in [0.717, 1.165) is 22.4 Å². The Balaban J connectivity index is 2.61. The number of hydrogen-bond donors (Lipinski definition) is 0. The molecule has 1 aliphatic rings. The van der Waals surface area contributed by atoms with Crippen LogP contribution in [-0.4, -0.2) is 38.6 Å². The first-order valence-corrected chi connectivity index (χ1v) is 10.5. The number of methoxy groups -OCH3 is 2. The summed E-state index contributed by atoms with van der Waals surface area (Å²) < 4.78 is 16.3. The number of nitrogens with zero attached hydrogens (tertiary/aromatic N) is 1. The number of hydrogen-bond acceptors (Lipinski definition) is 5. The van der Waals surface area contributed by atoms with Gasteiger partial charge in [-0.25, -0.2) is 0 Å². The molecule has 5 nitrogen and oxygen atoms in total. The van der Waals surface area contributed by atoms with E-state index in [1.165, 1.54) is 11.8 Å². The molecule has 0 saturated heterocycles. The lowest BCUT2D eigenvalue weighted by Gasteiger charge is -2.30. The smallest absolute Gasteiger partial charge is 0.266 e. The average Bonchev–Trinajstić information content (AvgIpc) is 2.62. The molecule has 6 heteroatoms. The zero-order valence-corrected chi connectivity index (χ0v) is 19.6. The Morgan fingerprint density at radius 3 is 2.07 bits per heavy atom. The molecule has 0 spiro atoms. The number of amides is 1. The Hall–Kier alpha value is -1.76. The third-order valence-corrected chi connectivity index (χ3v) is 5.33. The lowest BCUT2D eigenvalue weighted by molar-refractivity contribution is -0.127. The molecule has 0 radical (unpaired) electrons. The molecule has 0 atom stereocenters. The SMILES string of the molecule is COCOc1c(C(C)(C)C)cc(/C=C2\SC=CN(COC)C2=O)cc1C(C)(C)C. The van der Waals surface area contributed by atoms with Gasteiger partial charge in [0.2, 0.25) is 0 Å². The van der Waals surface area contributed by atoms with Gasteiger partial charge in [-0.2, -0.15) is 0 Å². The van der Waals surface area contributed by atoms with Crippen LogP contribution < -0.4 is 4.74 Å². The van der Waals surface area contributed by atoms with Crippen LogP contribution in [-0.2, 0) is 25.1 Å². The Bertz CT molecular complexity index is 765. The Labute approximate surface area is 179 Å². The summed E-state index contributed by atoms with van der Waals surface area (Å²) in [5, 5.41) is 1.90. The highest BCUT2D eigenvalue weighted by molar-refractivity contribution is 8.06. The van der Waals surface area contributed by atoms with Gasteiger partial charge in [-0.3, -0.25) is 9.69 Å². The van der Waals surface area contributed by atoms with Crippen molar-refractivity contribution < 1.29 is 19.0 Å². The van der Waals surface area contributed by atoms with E-state index in [0.29, 0.717) is 4.91 Å². The van der Waals surface area contributed by atoms with E-state index >= 15 is 0 Å². The molecule has 1 heterocycles. The van der Waals surface area contributed by atoms with Crippen molar-refractivity contribution in [3.05, 3.63) is 45.3 Å². The van der Waals surface area contributed by atoms with Gasteiger partial charge >= 0.3 is 0 Å². The van der Waals surface area contributed by atoms with Crippen LogP contribution in [0, 0.1) is 0 Å². The summed E-state index contributed by atoms with van der Waals surface area (Å²) in [7, 11) is 3.20. The standard InChI is InChI=1S/C23H33NO4S/c1-22(2,3)17-11-16(12-18(23(4,5)6)20(17)28-15-27-8)13-19-21(25)24(14-26-7)9-10-29-19/h9-13H,14-15H2,1-8H3/b19-13-. The largest absolute Gasteiger partial charge is 0.467 e. The van der Waals surface area contributed by atoms with Gasteiger partial charge < -0.3 is 14.2 Å². The fraction of sp³-hybridized carbons (Fsp3) is 0.522. The zero-order chi connectivity index (χ0) is 21.8. The van der Waals surface area contributed by atoms with Gasteiger partial charge in [0.25, 0.3) is 5.91 Å². The molecular formula is C23H33NO4S. The second-order valence-electron chi connectivity index (χ2n) is 9.10. The summed E-state index contributed by atoms with van der Waals surface area (Å²) in [6, 6.07) is 4.22. The molecule has 0 bridgehead atoms. The summed E-state index contributed by atoms with van der Waals surface area (Å²) in [6.45, 7) is 13.4. The highest BCUT2D eigenvalue weighted by Crippen LogP contribution is 2.41. The van der Waals surface area contributed by atoms with E-state index in [1.807, 2.05) is 11.5 Å². The summed E-state index contributed by atoms with van der Waals surface area (Å²) >= 11 is 1.42. The van der Waals surface area contributed by atoms with Crippen LogP contribution in [0.3, 0.4) is 0 Å². The van der Waals surface area contributed by atoms with Crippen LogP contribution in [0.2, 0.25) is 0 Å². The first kappa shape index (κ1) is 23.5. The monoisotopic (exact) mass is 419 g/mol. The molecule has 0 saturated carbocycles. The van der Waals surface area contributed by atoms with Crippen LogP contribution in [0.5, 0.6) is 5.75 Å². The van der Waals surface area contributed by atoms with E-state index in [-0.39, 0.29) is 30.3 Å². The molecule has 1 aliphatic heterocycles. The maximum absolute atomic E-state index is 12.8. The minimum absolute atomic E-state index is 0.0614. The molecule has 0 aliphatic carbocycles. The fourth-order valence-electron chi connectivity index (χ4n) is 3.05.